The fraction of sp³-hybridized carbons (Fsp3) is 1.00. The monoisotopic (exact) mass is 294 g/mol. The minimum absolute atomic E-state index is 0.462. The van der Waals surface area contributed by atoms with E-state index in [0.29, 0.717) is 6.04 Å². The maximum Gasteiger partial charge on any atom is 0.00672 e. The Kier molecular flexibility index (Phi) is 7.53. The fourth-order valence-electron chi connectivity index (χ4n) is 4.66. The van der Waals surface area contributed by atoms with Crippen molar-refractivity contribution in [3.8, 4) is 0 Å². The Balaban J connectivity index is 1.64. The molecule has 0 heterocycles. The predicted octanol–water partition coefficient (Wildman–Crippen LogP) is 4.48. The summed E-state index contributed by atoms with van der Waals surface area (Å²) in [5.41, 5.74) is 6.24. The van der Waals surface area contributed by atoms with Crippen LogP contribution >= 0.6 is 0 Å². The summed E-state index contributed by atoms with van der Waals surface area (Å²) in [6, 6.07) is 1.28. The first-order valence-electron chi connectivity index (χ1n) is 9.73. The molecule has 2 aliphatic rings. The summed E-state index contributed by atoms with van der Waals surface area (Å²) in [7, 11) is 0. The van der Waals surface area contributed by atoms with E-state index in [0.717, 1.165) is 30.2 Å². The molecule has 0 aliphatic heterocycles. The average molecular weight is 295 g/mol. The Hall–Kier alpha value is -0.0800. The van der Waals surface area contributed by atoms with Crippen molar-refractivity contribution in [2.24, 2.45) is 23.5 Å². The van der Waals surface area contributed by atoms with E-state index in [2.05, 4.69) is 19.2 Å². The first kappa shape index (κ1) is 17.3. The molecule has 2 aliphatic carbocycles. The van der Waals surface area contributed by atoms with Crippen molar-refractivity contribution in [3.05, 3.63) is 0 Å². The van der Waals surface area contributed by atoms with Crippen molar-refractivity contribution in [2.75, 3.05) is 6.54 Å². The van der Waals surface area contributed by atoms with Gasteiger partial charge in [-0.3, -0.25) is 0 Å². The van der Waals surface area contributed by atoms with Crippen LogP contribution in [-0.2, 0) is 0 Å². The van der Waals surface area contributed by atoms with Gasteiger partial charge in [-0.05, 0) is 88.5 Å². The number of unbranched alkanes of at least 4 members (excludes halogenated alkanes) is 1. The molecular formula is C19H38N2. The van der Waals surface area contributed by atoms with Gasteiger partial charge < -0.3 is 11.1 Å². The summed E-state index contributed by atoms with van der Waals surface area (Å²) in [5.74, 6) is 2.85. The molecule has 2 rings (SSSR count). The Morgan fingerprint density at radius 1 is 0.905 bits per heavy atom. The Morgan fingerprint density at radius 3 is 2.00 bits per heavy atom. The number of rotatable bonds is 7. The van der Waals surface area contributed by atoms with Crippen LogP contribution in [0.1, 0.15) is 84.5 Å². The molecule has 2 nitrogen and oxygen atoms in total. The lowest BCUT2D eigenvalue weighted by Crippen LogP contribution is -2.37. The molecule has 0 radical (unpaired) electrons. The van der Waals surface area contributed by atoms with Crippen LogP contribution in [0.15, 0.2) is 0 Å². The number of nitrogens with one attached hydrogen (secondary N) is 1. The van der Waals surface area contributed by atoms with Crippen molar-refractivity contribution < 1.29 is 0 Å². The van der Waals surface area contributed by atoms with Gasteiger partial charge in [-0.1, -0.05) is 20.3 Å². The highest BCUT2D eigenvalue weighted by atomic mass is 14.9. The van der Waals surface area contributed by atoms with Crippen molar-refractivity contribution in [1.82, 2.24) is 5.32 Å². The second-order valence-corrected chi connectivity index (χ2v) is 7.67. The van der Waals surface area contributed by atoms with E-state index in [1.807, 2.05) is 0 Å². The Bertz CT molecular complexity index is 263. The zero-order valence-electron chi connectivity index (χ0n) is 14.4. The van der Waals surface area contributed by atoms with Gasteiger partial charge in [-0.2, -0.15) is 0 Å². The van der Waals surface area contributed by atoms with E-state index in [1.54, 1.807) is 0 Å². The quantitative estimate of drug-likeness (QED) is 0.679. The molecule has 21 heavy (non-hydrogen) atoms. The maximum atomic E-state index is 6.24. The molecule has 0 amide bonds. The molecule has 1 atom stereocenters. The third kappa shape index (κ3) is 5.25. The highest BCUT2D eigenvalue weighted by Crippen LogP contribution is 2.40. The molecule has 0 aromatic carbocycles. The van der Waals surface area contributed by atoms with Crippen LogP contribution in [-0.4, -0.2) is 18.6 Å². The SMILES string of the molecule is CCCCNC1CCC(C2CCC(C(N)CC)CC2)CC1. The molecule has 0 aromatic heterocycles. The van der Waals surface area contributed by atoms with E-state index in [4.69, 9.17) is 5.73 Å². The molecule has 3 N–H and O–H groups in total. The molecule has 0 bridgehead atoms. The van der Waals surface area contributed by atoms with Gasteiger partial charge in [0.15, 0.2) is 0 Å². The van der Waals surface area contributed by atoms with E-state index < -0.39 is 0 Å². The molecule has 2 fully saturated rings. The normalized spacial score (nSPS) is 35.6. The first-order valence-corrected chi connectivity index (χ1v) is 9.73. The molecule has 2 saturated carbocycles. The van der Waals surface area contributed by atoms with E-state index >= 15 is 0 Å². The first-order chi connectivity index (χ1) is 10.2. The lowest BCUT2D eigenvalue weighted by molar-refractivity contribution is 0.144. The zero-order chi connectivity index (χ0) is 15.1. The van der Waals surface area contributed by atoms with Crippen LogP contribution in [0.5, 0.6) is 0 Å². The lowest BCUT2D eigenvalue weighted by atomic mass is 9.69. The Morgan fingerprint density at radius 2 is 1.48 bits per heavy atom. The second-order valence-electron chi connectivity index (χ2n) is 7.67. The van der Waals surface area contributed by atoms with Crippen molar-refractivity contribution in [1.29, 1.82) is 0 Å². The third-order valence-corrected chi connectivity index (χ3v) is 6.30. The highest BCUT2D eigenvalue weighted by Gasteiger charge is 2.31. The third-order valence-electron chi connectivity index (χ3n) is 6.30. The molecule has 0 saturated heterocycles. The van der Waals surface area contributed by atoms with Crippen LogP contribution in [0.4, 0.5) is 0 Å². The lowest BCUT2D eigenvalue weighted by Gasteiger charge is -2.39. The summed E-state index contributed by atoms with van der Waals surface area (Å²) < 4.78 is 0. The van der Waals surface area contributed by atoms with Crippen molar-refractivity contribution >= 4 is 0 Å². The molecule has 0 aromatic rings. The fourth-order valence-corrected chi connectivity index (χ4v) is 4.66. The maximum absolute atomic E-state index is 6.24. The van der Waals surface area contributed by atoms with E-state index in [-0.39, 0.29) is 0 Å². The second kappa shape index (κ2) is 9.15. The molecule has 1 unspecified atom stereocenters. The van der Waals surface area contributed by atoms with Gasteiger partial charge in [0.25, 0.3) is 0 Å². The number of hydrogen-bond acceptors (Lipinski definition) is 2. The van der Waals surface area contributed by atoms with Crippen LogP contribution in [0.3, 0.4) is 0 Å². The van der Waals surface area contributed by atoms with Crippen molar-refractivity contribution in [2.45, 2.75) is 96.6 Å². The van der Waals surface area contributed by atoms with E-state index in [1.165, 1.54) is 70.8 Å². The molecule has 124 valence electrons. The number of nitrogens with two attached hydrogens (primary N) is 1. The molecule has 0 spiro atoms. The summed E-state index contributed by atoms with van der Waals surface area (Å²) in [6.07, 6.45) is 15.3. The summed E-state index contributed by atoms with van der Waals surface area (Å²) in [5, 5.41) is 3.76. The van der Waals surface area contributed by atoms with Crippen LogP contribution in [0.2, 0.25) is 0 Å². The predicted molar refractivity (Wildman–Crippen MR) is 92.4 cm³/mol. The smallest absolute Gasteiger partial charge is 0.00672 e. The highest BCUT2D eigenvalue weighted by molar-refractivity contribution is 4.86. The Labute approximate surface area is 132 Å². The van der Waals surface area contributed by atoms with Gasteiger partial charge in [0, 0.05) is 12.1 Å². The summed E-state index contributed by atoms with van der Waals surface area (Å²) in [4.78, 5) is 0. The van der Waals surface area contributed by atoms with Gasteiger partial charge in [0.05, 0.1) is 0 Å². The van der Waals surface area contributed by atoms with Crippen LogP contribution in [0, 0.1) is 17.8 Å². The van der Waals surface area contributed by atoms with Crippen LogP contribution in [0.25, 0.3) is 0 Å². The van der Waals surface area contributed by atoms with Gasteiger partial charge >= 0.3 is 0 Å². The topological polar surface area (TPSA) is 38.0 Å². The summed E-state index contributed by atoms with van der Waals surface area (Å²) >= 11 is 0. The minimum Gasteiger partial charge on any atom is -0.327 e. The minimum atomic E-state index is 0.462. The zero-order valence-corrected chi connectivity index (χ0v) is 14.4. The van der Waals surface area contributed by atoms with Crippen LogP contribution < -0.4 is 11.1 Å². The van der Waals surface area contributed by atoms with Crippen molar-refractivity contribution in [3.63, 3.8) is 0 Å². The average Bonchev–Trinajstić information content (AvgIpc) is 2.55. The van der Waals surface area contributed by atoms with Gasteiger partial charge in [-0.15, -0.1) is 0 Å². The molecule has 2 heteroatoms. The largest absolute Gasteiger partial charge is 0.327 e. The van der Waals surface area contributed by atoms with E-state index in [9.17, 15) is 0 Å². The standard InChI is InChI=1S/C19H38N2/c1-3-5-14-21-18-12-10-16(11-13-18)15-6-8-17(9-7-15)19(20)4-2/h15-19,21H,3-14,20H2,1-2H3. The molecular weight excluding hydrogens is 256 g/mol. The number of hydrogen-bond donors (Lipinski definition) is 2. The van der Waals surface area contributed by atoms with Gasteiger partial charge in [-0.25, -0.2) is 0 Å². The van der Waals surface area contributed by atoms with Gasteiger partial charge in [0.1, 0.15) is 0 Å². The summed E-state index contributed by atoms with van der Waals surface area (Å²) in [6.45, 7) is 5.74. The van der Waals surface area contributed by atoms with Gasteiger partial charge in [0.2, 0.25) is 0 Å².